The highest BCUT2D eigenvalue weighted by molar-refractivity contribution is 6.24. The van der Waals surface area contributed by atoms with Gasteiger partial charge >= 0.3 is 5.97 Å². The molecule has 0 aromatic heterocycles. The molecule has 6 rings (SSSR count). The average Bonchev–Trinajstić information content (AvgIpc) is 3.74. The first-order chi connectivity index (χ1) is 21.6. The second-order valence-corrected chi connectivity index (χ2v) is 13.8. The molecule has 0 bridgehead atoms. The maximum atomic E-state index is 14.5. The van der Waals surface area contributed by atoms with E-state index < -0.39 is 76.3 Å². The molecule has 4 N–H and O–H groups in total. The molecule has 5 aliphatic rings. The van der Waals surface area contributed by atoms with Gasteiger partial charge in [0, 0.05) is 36.7 Å². The number of aliphatic hydroxyl groups excluding tert-OH is 2. The number of Topliss-reactive ketones (excluding diaryl/α,β-unsaturated/α-hetero) is 3. The zero-order valence-electron chi connectivity index (χ0n) is 25.9. The smallest absolute Gasteiger partial charge is 0.305 e. The number of carbonyl (C=O) groups excluding carboxylic acids is 4. The molecule has 1 aromatic rings. The summed E-state index contributed by atoms with van der Waals surface area (Å²) in [5, 5.41) is 46.3. The molecule has 3 saturated carbocycles. The first-order valence-electron chi connectivity index (χ1n) is 16.8. The molecule has 0 amide bonds. The molecule has 3 fully saturated rings. The molecule has 0 aliphatic heterocycles. The Balaban J connectivity index is 1.47. The van der Waals surface area contributed by atoms with Gasteiger partial charge in [-0.1, -0.05) is 70.4 Å². The Hall–Kier alpha value is -3.46. The van der Waals surface area contributed by atoms with Crippen molar-refractivity contribution >= 4 is 29.1 Å². The predicted molar refractivity (Wildman–Crippen MR) is 164 cm³/mol. The average molecular weight is 621 g/mol. The monoisotopic (exact) mass is 620 g/mol. The summed E-state index contributed by atoms with van der Waals surface area (Å²) in [6.45, 7) is 1.60. The first-order valence-corrected chi connectivity index (χ1v) is 16.8. The standard InChI is InChI=1S/C36H44O9/c1-2-27(40)45-33-23-18-26(39)30(25(38)17-15-20-10-5-6-11-20)34(42)36(23,44)35(43)31-29(33)22(16-14-19-8-3-4-9-19)21-12-7-13-24(37)28(21)32(31)41/h7,12-13,19-20,22-23,29,33,37,41-42,44H,2-6,8-11,14-18H2,1H3/t22-,23-,29-,33-,36-/m1/s1. The van der Waals surface area contributed by atoms with Crippen molar-refractivity contribution < 1.29 is 44.3 Å². The van der Waals surface area contributed by atoms with Gasteiger partial charge in [0.05, 0.1) is 5.56 Å². The lowest BCUT2D eigenvalue weighted by Crippen LogP contribution is -2.64. The van der Waals surface area contributed by atoms with Crippen molar-refractivity contribution in [3.8, 4) is 5.75 Å². The summed E-state index contributed by atoms with van der Waals surface area (Å²) in [7, 11) is 0. The molecule has 0 heterocycles. The molecule has 1 aromatic carbocycles. The van der Waals surface area contributed by atoms with Crippen LogP contribution >= 0.6 is 0 Å². The number of ether oxygens (including phenoxy) is 1. The van der Waals surface area contributed by atoms with Gasteiger partial charge in [-0.3, -0.25) is 19.2 Å². The maximum Gasteiger partial charge on any atom is 0.305 e. The molecule has 0 unspecified atom stereocenters. The summed E-state index contributed by atoms with van der Waals surface area (Å²) in [6, 6.07) is 4.84. The molecule has 0 saturated heterocycles. The summed E-state index contributed by atoms with van der Waals surface area (Å²) in [5.41, 5.74) is -2.95. The predicted octanol–water partition coefficient (Wildman–Crippen LogP) is 5.92. The fraction of sp³-hybridized carbons (Fsp3) is 0.611. The molecule has 9 nitrogen and oxygen atoms in total. The lowest BCUT2D eigenvalue weighted by Gasteiger charge is -2.52. The van der Waals surface area contributed by atoms with Gasteiger partial charge in [0.25, 0.3) is 0 Å². The van der Waals surface area contributed by atoms with Crippen molar-refractivity contribution in [2.24, 2.45) is 23.7 Å². The molecule has 5 aliphatic carbocycles. The van der Waals surface area contributed by atoms with E-state index in [2.05, 4.69) is 0 Å². The molecule has 5 atom stereocenters. The number of carbonyl (C=O) groups is 4. The molecule has 0 radical (unpaired) electrons. The van der Waals surface area contributed by atoms with Crippen molar-refractivity contribution in [2.45, 2.75) is 114 Å². The zero-order valence-corrected chi connectivity index (χ0v) is 25.9. The van der Waals surface area contributed by atoms with Crippen molar-refractivity contribution in [1.82, 2.24) is 0 Å². The fourth-order valence-corrected chi connectivity index (χ4v) is 8.98. The van der Waals surface area contributed by atoms with Crippen LogP contribution in [-0.4, -0.2) is 55.5 Å². The number of ketones is 3. The van der Waals surface area contributed by atoms with Crippen LogP contribution in [0.25, 0.3) is 5.76 Å². The van der Waals surface area contributed by atoms with E-state index in [9.17, 15) is 39.6 Å². The fourth-order valence-electron chi connectivity index (χ4n) is 8.98. The lowest BCUT2D eigenvalue weighted by atomic mass is 9.54. The third-order valence-corrected chi connectivity index (χ3v) is 11.3. The SMILES string of the molecule is CCC(=O)O[C@H]1[C@H]2C(=C(O)c3c(O)cccc3[C@H]2CCC2CCCC2)C(=O)[C@]2(O)C(O)=C(C(=O)CCC3CCCC3)C(=O)C[C@H]12. The van der Waals surface area contributed by atoms with Gasteiger partial charge in [-0.2, -0.15) is 0 Å². The van der Waals surface area contributed by atoms with Crippen LogP contribution in [0, 0.1) is 23.7 Å². The number of esters is 1. The largest absolute Gasteiger partial charge is 0.508 e. The summed E-state index contributed by atoms with van der Waals surface area (Å²) in [4.78, 5) is 54.4. The highest BCUT2D eigenvalue weighted by atomic mass is 16.5. The Labute approximate surface area is 263 Å². The number of phenolic OH excluding ortho intramolecular Hbond substituents is 1. The number of fused-ring (bicyclic) bond motifs is 3. The number of benzene rings is 1. The Morgan fingerprint density at radius 1 is 0.933 bits per heavy atom. The Bertz CT molecular complexity index is 1460. The zero-order chi connectivity index (χ0) is 32.0. The van der Waals surface area contributed by atoms with Crippen LogP contribution in [0.4, 0.5) is 0 Å². The van der Waals surface area contributed by atoms with Gasteiger partial charge in [-0.25, -0.2) is 0 Å². The Morgan fingerprint density at radius 3 is 2.22 bits per heavy atom. The molecule has 0 spiro atoms. The van der Waals surface area contributed by atoms with Crippen molar-refractivity contribution in [1.29, 1.82) is 0 Å². The van der Waals surface area contributed by atoms with E-state index in [0.29, 0.717) is 30.2 Å². The minimum atomic E-state index is -2.78. The van der Waals surface area contributed by atoms with Crippen molar-refractivity contribution in [3.05, 3.63) is 46.2 Å². The van der Waals surface area contributed by atoms with Crippen molar-refractivity contribution in [3.63, 3.8) is 0 Å². The summed E-state index contributed by atoms with van der Waals surface area (Å²) < 4.78 is 5.97. The highest BCUT2D eigenvalue weighted by Crippen LogP contribution is 2.58. The number of aromatic hydroxyl groups is 1. The maximum absolute atomic E-state index is 14.5. The molecular formula is C36H44O9. The van der Waals surface area contributed by atoms with E-state index in [4.69, 9.17) is 4.74 Å². The van der Waals surface area contributed by atoms with Gasteiger partial charge in [0.1, 0.15) is 28.9 Å². The Morgan fingerprint density at radius 2 is 1.58 bits per heavy atom. The van der Waals surface area contributed by atoms with Crippen LogP contribution in [0.5, 0.6) is 5.75 Å². The molecule has 9 heteroatoms. The molecular weight excluding hydrogens is 576 g/mol. The van der Waals surface area contributed by atoms with Gasteiger partial charge in [-0.15, -0.1) is 0 Å². The Kier molecular flexibility index (Phi) is 8.67. The van der Waals surface area contributed by atoms with Crippen LogP contribution in [0.1, 0.15) is 114 Å². The number of hydrogen-bond acceptors (Lipinski definition) is 9. The highest BCUT2D eigenvalue weighted by Gasteiger charge is 2.66. The summed E-state index contributed by atoms with van der Waals surface area (Å²) in [5.74, 6) is -6.80. The van der Waals surface area contributed by atoms with Crippen LogP contribution in [0.2, 0.25) is 0 Å². The minimum absolute atomic E-state index is 0.0000459. The number of allylic oxidation sites excluding steroid dienone is 1. The number of phenols is 1. The van der Waals surface area contributed by atoms with E-state index in [1.54, 1.807) is 19.1 Å². The molecule has 45 heavy (non-hydrogen) atoms. The second-order valence-electron chi connectivity index (χ2n) is 13.8. The van der Waals surface area contributed by atoms with Crippen molar-refractivity contribution in [2.75, 3.05) is 0 Å². The summed E-state index contributed by atoms with van der Waals surface area (Å²) in [6.07, 6.45) is 8.75. The van der Waals surface area contributed by atoms with E-state index in [1.807, 2.05) is 0 Å². The van der Waals surface area contributed by atoms with Gasteiger partial charge in [-0.05, 0) is 48.6 Å². The number of aliphatic hydroxyl groups is 3. The third-order valence-electron chi connectivity index (χ3n) is 11.3. The van der Waals surface area contributed by atoms with Crippen LogP contribution in [-0.2, 0) is 23.9 Å². The minimum Gasteiger partial charge on any atom is -0.508 e. The quantitative estimate of drug-likeness (QED) is 0.194. The van der Waals surface area contributed by atoms with E-state index in [1.165, 1.54) is 6.07 Å². The van der Waals surface area contributed by atoms with E-state index >= 15 is 0 Å². The third kappa shape index (κ3) is 5.30. The van der Waals surface area contributed by atoms with Gasteiger partial charge in [0.15, 0.2) is 17.2 Å². The van der Waals surface area contributed by atoms with Crippen LogP contribution in [0.15, 0.2) is 35.1 Å². The lowest BCUT2D eigenvalue weighted by molar-refractivity contribution is -0.178. The molecule has 242 valence electrons. The number of rotatable bonds is 9. The number of hydrogen-bond donors (Lipinski definition) is 4. The first kappa shape index (κ1) is 31.5. The van der Waals surface area contributed by atoms with E-state index in [-0.39, 0.29) is 29.7 Å². The van der Waals surface area contributed by atoms with E-state index in [0.717, 1.165) is 57.8 Å². The summed E-state index contributed by atoms with van der Waals surface area (Å²) >= 11 is 0. The second kappa shape index (κ2) is 12.4. The van der Waals surface area contributed by atoms with Gasteiger partial charge < -0.3 is 25.2 Å². The topological polar surface area (TPSA) is 158 Å². The van der Waals surface area contributed by atoms with Gasteiger partial charge in [0.2, 0.25) is 5.78 Å². The van der Waals surface area contributed by atoms with Crippen LogP contribution in [0.3, 0.4) is 0 Å². The normalized spacial score (nSPS) is 30.4. The van der Waals surface area contributed by atoms with Crippen LogP contribution < -0.4 is 0 Å².